The minimum absolute atomic E-state index is 0.838. The summed E-state index contributed by atoms with van der Waals surface area (Å²) in [4.78, 5) is 0. The van der Waals surface area contributed by atoms with Crippen molar-refractivity contribution in [2.75, 3.05) is 0 Å². The van der Waals surface area contributed by atoms with Gasteiger partial charge in [0.25, 0.3) is 0 Å². The predicted octanol–water partition coefficient (Wildman–Crippen LogP) is 7.35. The van der Waals surface area contributed by atoms with Gasteiger partial charge < -0.3 is 0 Å². The van der Waals surface area contributed by atoms with Gasteiger partial charge in [0.05, 0.1) is 0 Å². The SMILES string of the molecule is CCCC(CCC)CCCC1CCC(c2ccccc2)CC1. The van der Waals surface area contributed by atoms with E-state index in [1.807, 2.05) is 0 Å². The Hall–Kier alpha value is -0.780. The summed E-state index contributed by atoms with van der Waals surface area (Å²) >= 11 is 0. The van der Waals surface area contributed by atoms with Crippen LogP contribution in [0.3, 0.4) is 0 Å². The molecule has 0 unspecified atom stereocenters. The molecular weight excluding hydrogens is 264 g/mol. The van der Waals surface area contributed by atoms with Crippen molar-refractivity contribution in [2.24, 2.45) is 11.8 Å². The van der Waals surface area contributed by atoms with Crippen molar-refractivity contribution in [3.8, 4) is 0 Å². The molecule has 0 bridgehead atoms. The largest absolute Gasteiger partial charge is 0.0654 e. The molecule has 1 fully saturated rings. The average molecular weight is 301 g/mol. The lowest BCUT2D eigenvalue weighted by molar-refractivity contribution is 0.289. The Kier molecular flexibility index (Phi) is 8.05. The fourth-order valence-electron chi connectivity index (χ4n) is 4.45. The molecule has 1 aliphatic carbocycles. The van der Waals surface area contributed by atoms with Gasteiger partial charge >= 0.3 is 0 Å². The first-order valence-electron chi connectivity index (χ1n) is 9.88. The summed E-state index contributed by atoms with van der Waals surface area (Å²) < 4.78 is 0. The van der Waals surface area contributed by atoms with Crippen LogP contribution in [0.4, 0.5) is 0 Å². The van der Waals surface area contributed by atoms with Crippen LogP contribution in [0.5, 0.6) is 0 Å². The van der Waals surface area contributed by atoms with E-state index < -0.39 is 0 Å². The van der Waals surface area contributed by atoms with E-state index in [0.29, 0.717) is 0 Å². The Labute approximate surface area is 138 Å². The van der Waals surface area contributed by atoms with Gasteiger partial charge in [-0.2, -0.15) is 0 Å². The van der Waals surface area contributed by atoms with Crippen LogP contribution < -0.4 is 0 Å². The standard InChI is InChI=1S/C22H36/c1-3-9-19(10-4-2)11-8-12-20-15-17-22(18-16-20)21-13-6-5-7-14-21/h5-7,13-14,19-20,22H,3-4,8-12,15-18H2,1-2H3. The lowest BCUT2D eigenvalue weighted by Gasteiger charge is -2.29. The van der Waals surface area contributed by atoms with Gasteiger partial charge in [0.1, 0.15) is 0 Å². The molecule has 1 saturated carbocycles. The van der Waals surface area contributed by atoms with Crippen LogP contribution in [0.25, 0.3) is 0 Å². The Morgan fingerprint density at radius 2 is 1.50 bits per heavy atom. The first-order valence-corrected chi connectivity index (χ1v) is 9.88. The van der Waals surface area contributed by atoms with Gasteiger partial charge in [-0.1, -0.05) is 89.1 Å². The first kappa shape index (κ1) is 17.6. The maximum Gasteiger partial charge on any atom is -0.0162 e. The monoisotopic (exact) mass is 300 g/mol. The molecule has 2 rings (SSSR count). The topological polar surface area (TPSA) is 0 Å². The van der Waals surface area contributed by atoms with Crippen molar-refractivity contribution >= 4 is 0 Å². The summed E-state index contributed by atoms with van der Waals surface area (Å²) in [5.41, 5.74) is 1.58. The molecule has 0 heteroatoms. The summed E-state index contributed by atoms with van der Waals surface area (Å²) in [6.45, 7) is 4.68. The number of rotatable bonds is 9. The zero-order valence-electron chi connectivity index (χ0n) is 14.9. The van der Waals surface area contributed by atoms with Crippen LogP contribution in [-0.4, -0.2) is 0 Å². The van der Waals surface area contributed by atoms with Gasteiger partial charge in [-0.15, -0.1) is 0 Å². The van der Waals surface area contributed by atoms with Crippen LogP contribution in [0.1, 0.15) is 96.0 Å². The predicted molar refractivity (Wildman–Crippen MR) is 98.3 cm³/mol. The van der Waals surface area contributed by atoms with Crippen LogP contribution >= 0.6 is 0 Å². The van der Waals surface area contributed by atoms with E-state index in [0.717, 1.165) is 17.8 Å². The molecule has 22 heavy (non-hydrogen) atoms. The third kappa shape index (κ3) is 5.78. The zero-order chi connectivity index (χ0) is 15.6. The molecule has 0 nitrogen and oxygen atoms in total. The fourth-order valence-corrected chi connectivity index (χ4v) is 4.45. The lowest BCUT2D eigenvalue weighted by atomic mass is 9.76. The smallest absolute Gasteiger partial charge is 0.0162 e. The van der Waals surface area contributed by atoms with E-state index in [-0.39, 0.29) is 0 Å². The van der Waals surface area contributed by atoms with Crippen LogP contribution in [-0.2, 0) is 0 Å². The molecule has 0 saturated heterocycles. The van der Waals surface area contributed by atoms with Gasteiger partial charge in [0.2, 0.25) is 0 Å². The molecular formula is C22H36. The average Bonchev–Trinajstić information content (AvgIpc) is 2.57. The molecule has 0 aromatic heterocycles. The minimum Gasteiger partial charge on any atom is -0.0654 e. The Morgan fingerprint density at radius 3 is 2.09 bits per heavy atom. The Bertz CT molecular complexity index is 366. The van der Waals surface area contributed by atoms with Crippen molar-refractivity contribution in [3.05, 3.63) is 35.9 Å². The number of hydrogen-bond donors (Lipinski definition) is 0. The highest BCUT2D eigenvalue weighted by Crippen LogP contribution is 2.38. The summed E-state index contributed by atoms with van der Waals surface area (Å²) in [6.07, 6.45) is 15.9. The van der Waals surface area contributed by atoms with Crippen molar-refractivity contribution in [1.82, 2.24) is 0 Å². The Balaban J connectivity index is 1.65. The molecule has 1 aromatic carbocycles. The van der Waals surface area contributed by atoms with E-state index in [4.69, 9.17) is 0 Å². The van der Waals surface area contributed by atoms with Crippen LogP contribution in [0, 0.1) is 11.8 Å². The van der Waals surface area contributed by atoms with E-state index in [2.05, 4.69) is 44.2 Å². The first-order chi connectivity index (χ1) is 10.8. The second kappa shape index (κ2) is 10.1. The Morgan fingerprint density at radius 1 is 0.864 bits per heavy atom. The third-order valence-electron chi connectivity index (χ3n) is 5.74. The third-order valence-corrected chi connectivity index (χ3v) is 5.74. The summed E-state index contributed by atoms with van der Waals surface area (Å²) in [7, 11) is 0. The maximum atomic E-state index is 2.34. The molecule has 0 heterocycles. The van der Waals surface area contributed by atoms with Crippen LogP contribution in [0.15, 0.2) is 30.3 Å². The highest BCUT2D eigenvalue weighted by atomic mass is 14.3. The fraction of sp³-hybridized carbons (Fsp3) is 0.727. The van der Waals surface area contributed by atoms with Crippen LogP contribution in [0.2, 0.25) is 0 Å². The van der Waals surface area contributed by atoms with Crippen molar-refractivity contribution in [1.29, 1.82) is 0 Å². The second-order valence-electron chi connectivity index (χ2n) is 7.50. The maximum absolute atomic E-state index is 2.34. The summed E-state index contributed by atoms with van der Waals surface area (Å²) in [6, 6.07) is 11.2. The number of benzene rings is 1. The minimum atomic E-state index is 0.838. The zero-order valence-corrected chi connectivity index (χ0v) is 14.9. The van der Waals surface area contributed by atoms with Gasteiger partial charge in [-0.25, -0.2) is 0 Å². The van der Waals surface area contributed by atoms with E-state index in [9.17, 15) is 0 Å². The van der Waals surface area contributed by atoms with Crippen molar-refractivity contribution < 1.29 is 0 Å². The van der Waals surface area contributed by atoms with E-state index >= 15 is 0 Å². The van der Waals surface area contributed by atoms with E-state index in [1.54, 1.807) is 5.56 Å². The lowest BCUT2D eigenvalue weighted by Crippen LogP contribution is -2.13. The number of hydrogen-bond acceptors (Lipinski definition) is 0. The van der Waals surface area contributed by atoms with Gasteiger partial charge in [0, 0.05) is 0 Å². The second-order valence-corrected chi connectivity index (χ2v) is 7.50. The molecule has 0 radical (unpaired) electrons. The van der Waals surface area contributed by atoms with E-state index in [1.165, 1.54) is 70.6 Å². The van der Waals surface area contributed by atoms with Gasteiger partial charge in [-0.3, -0.25) is 0 Å². The van der Waals surface area contributed by atoms with Gasteiger partial charge in [0.15, 0.2) is 0 Å². The normalized spacial score (nSPS) is 22.1. The highest BCUT2D eigenvalue weighted by molar-refractivity contribution is 5.19. The molecule has 1 aromatic rings. The van der Waals surface area contributed by atoms with Crippen molar-refractivity contribution in [2.45, 2.75) is 90.4 Å². The summed E-state index contributed by atoms with van der Waals surface area (Å²) in [5, 5.41) is 0. The molecule has 0 N–H and O–H groups in total. The molecule has 0 atom stereocenters. The summed E-state index contributed by atoms with van der Waals surface area (Å²) in [5.74, 6) is 2.87. The molecule has 0 spiro atoms. The quantitative estimate of drug-likeness (QED) is 0.447. The highest BCUT2D eigenvalue weighted by Gasteiger charge is 2.22. The van der Waals surface area contributed by atoms with Gasteiger partial charge in [-0.05, 0) is 49.0 Å². The van der Waals surface area contributed by atoms with Crippen molar-refractivity contribution in [3.63, 3.8) is 0 Å². The molecule has 124 valence electrons. The molecule has 1 aliphatic rings. The molecule has 0 amide bonds. The molecule has 0 aliphatic heterocycles.